The number of benzene rings is 1. The molecule has 1 aromatic heterocycles. The van der Waals surface area contributed by atoms with Gasteiger partial charge in [-0.15, -0.1) is 0 Å². The molecule has 0 aliphatic carbocycles. The third kappa shape index (κ3) is 3.48. The van der Waals surface area contributed by atoms with Crippen molar-refractivity contribution in [2.24, 2.45) is 0 Å². The van der Waals surface area contributed by atoms with Crippen molar-refractivity contribution in [3.63, 3.8) is 0 Å². The Morgan fingerprint density at radius 1 is 1.39 bits per heavy atom. The highest BCUT2D eigenvalue weighted by atomic mass is 79.9. The number of hydrogen-bond donors (Lipinski definition) is 0. The molecular weight excluding hydrogens is 319 g/mol. The molecule has 0 N–H and O–H groups in total. The van der Waals surface area contributed by atoms with E-state index in [2.05, 4.69) is 15.9 Å². The van der Waals surface area contributed by atoms with Gasteiger partial charge in [0.1, 0.15) is 11.5 Å². The molecule has 2 rings (SSSR count). The molecule has 0 atom stereocenters. The first kappa shape index (κ1) is 12.9. The lowest BCUT2D eigenvalue weighted by atomic mass is 10.3. The van der Waals surface area contributed by atoms with Crippen LogP contribution in [0.1, 0.15) is 5.76 Å². The Bertz CT molecular complexity index is 576. The fourth-order valence-corrected chi connectivity index (χ4v) is 2.00. The Labute approximate surface area is 117 Å². The van der Waals surface area contributed by atoms with Gasteiger partial charge in [-0.1, -0.05) is 11.6 Å². The van der Waals surface area contributed by atoms with E-state index in [1.54, 1.807) is 30.3 Å². The third-order valence-electron chi connectivity index (χ3n) is 2.03. The highest BCUT2D eigenvalue weighted by Crippen LogP contribution is 2.28. The SMILES string of the molecule is O=C(C=Cc1ccco1)Oc1ccc(Cl)cc1Br. The second-order valence-electron chi connectivity index (χ2n) is 3.34. The van der Waals surface area contributed by atoms with E-state index in [1.165, 1.54) is 18.4 Å². The Morgan fingerprint density at radius 2 is 2.22 bits per heavy atom. The molecule has 5 heteroatoms. The van der Waals surface area contributed by atoms with Gasteiger partial charge in [0.2, 0.25) is 0 Å². The molecule has 18 heavy (non-hydrogen) atoms. The van der Waals surface area contributed by atoms with Crippen LogP contribution in [0.3, 0.4) is 0 Å². The van der Waals surface area contributed by atoms with Crippen LogP contribution in [0.4, 0.5) is 0 Å². The lowest BCUT2D eigenvalue weighted by Crippen LogP contribution is -2.03. The molecular formula is C13H8BrClO3. The molecule has 2 aromatic rings. The van der Waals surface area contributed by atoms with Gasteiger partial charge < -0.3 is 9.15 Å². The Balaban J connectivity index is 2.03. The van der Waals surface area contributed by atoms with Crippen LogP contribution in [0, 0.1) is 0 Å². The van der Waals surface area contributed by atoms with E-state index in [0.717, 1.165) is 0 Å². The summed E-state index contributed by atoms with van der Waals surface area (Å²) >= 11 is 9.05. The molecule has 0 unspecified atom stereocenters. The Morgan fingerprint density at radius 3 is 2.89 bits per heavy atom. The van der Waals surface area contributed by atoms with E-state index in [1.807, 2.05) is 0 Å². The van der Waals surface area contributed by atoms with Crippen LogP contribution in [0.2, 0.25) is 5.02 Å². The Kier molecular flexibility index (Phi) is 4.23. The van der Waals surface area contributed by atoms with Gasteiger partial charge in [-0.3, -0.25) is 0 Å². The summed E-state index contributed by atoms with van der Waals surface area (Å²) in [5.74, 6) is 0.505. The molecule has 1 heterocycles. The highest BCUT2D eigenvalue weighted by Gasteiger charge is 2.05. The number of ether oxygens (including phenoxy) is 1. The fourth-order valence-electron chi connectivity index (χ4n) is 1.24. The van der Waals surface area contributed by atoms with Crippen molar-refractivity contribution in [2.45, 2.75) is 0 Å². The van der Waals surface area contributed by atoms with E-state index in [4.69, 9.17) is 20.8 Å². The zero-order valence-electron chi connectivity index (χ0n) is 9.10. The van der Waals surface area contributed by atoms with Crippen LogP contribution in [-0.2, 0) is 4.79 Å². The lowest BCUT2D eigenvalue weighted by molar-refractivity contribution is -0.128. The van der Waals surface area contributed by atoms with Gasteiger partial charge in [0.15, 0.2) is 0 Å². The maximum Gasteiger partial charge on any atom is 0.336 e. The fraction of sp³-hybridized carbons (Fsp3) is 0. The predicted molar refractivity (Wildman–Crippen MR) is 72.5 cm³/mol. The minimum absolute atomic E-state index is 0.411. The normalized spacial score (nSPS) is 10.8. The van der Waals surface area contributed by atoms with Crippen molar-refractivity contribution >= 4 is 39.6 Å². The van der Waals surface area contributed by atoms with Gasteiger partial charge in [-0.2, -0.15) is 0 Å². The number of halogens is 2. The summed E-state index contributed by atoms with van der Waals surface area (Å²) in [6.45, 7) is 0. The number of hydrogen-bond acceptors (Lipinski definition) is 3. The van der Waals surface area contributed by atoms with E-state index in [-0.39, 0.29) is 0 Å². The van der Waals surface area contributed by atoms with Gasteiger partial charge >= 0.3 is 5.97 Å². The van der Waals surface area contributed by atoms with Crippen molar-refractivity contribution in [3.05, 3.63) is 57.9 Å². The number of carbonyl (C=O) groups is 1. The lowest BCUT2D eigenvalue weighted by Gasteiger charge is -2.03. The van der Waals surface area contributed by atoms with Crippen LogP contribution < -0.4 is 4.74 Å². The summed E-state index contributed by atoms with van der Waals surface area (Å²) in [6.07, 6.45) is 4.35. The van der Waals surface area contributed by atoms with Crippen molar-refractivity contribution in [2.75, 3.05) is 0 Å². The van der Waals surface area contributed by atoms with Gasteiger partial charge in [-0.25, -0.2) is 4.79 Å². The first-order chi connectivity index (χ1) is 8.65. The number of furan rings is 1. The standard InChI is InChI=1S/C13H8BrClO3/c14-11-8-9(15)3-5-12(11)18-13(16)6-4-10-2-1-7-17-10/h1-8H. The molecule has 0 amide bonds. The number of rotatable bonds is 3. The van der Waals surface area contributed by atoms with Crippen molar-refractivity contribution in [3.8, 4) is 5.75 Å². The zero-order valence-corrected chi connectivity index (χ0v) is 11.4. The van der Waals surface area contributed by atoms with Crippen LogP contribution in [0.25, 0.3) is 6.08 Å². The molecule has 0 saturated carbocycles. The molecule has 1 aromatic carbocycles. The van der Waals surface area contributed by atoms with Crippen molar-refractivity contribution in [1.82, 2.24) is 0 Å². The molecule has 0 bridgehead atoms. The predicted octanol–water partition coefficient (Wildman–Crippen LogP) is 4.31. The molecule has 3 nitrogen and oxygen atoms in total. The van der Waals surface area contributed by atoms with Gasteiger partial charge in [0.05, 0.1) is 10.7 Å². The van der Waals surface area contributed by atoms with Crippen LogP contribution in [-0.4, -0.2) is 5.97 Å². The molecule has 0 radical (unpaired) electrons. The smallest absolute Gasteiger partial charge is 0.336 e. The molecule has 0 aliphatic rings. The minimum Gasteiger partial charge on any atom is -0.465 e. The van der Waals surface area contributed by atoms with Crippen LogP contribution in [0.5, 0.6) is 5.75 Å². The minimum atomic E-state index is -0.491. The summed E-state index contributed by atoms with van der Waals surface area (Å²) in [7, 11) is 0. The van der Waals surface area contributed by atoms with Crippen LogP contribution >= 0.6 is 27.5 Å². The first-order valence-electron chi connectivity index (χ1n) is 5.03. The third-order valence-corrected chi connectivity index (χ3v) is 2.89. The second-order valence-corrected chi connectivity index (χ2v) is 4.64. The summed E-state index contributed by atoms with van der Waals surface area (Å²) in [5.41, 5.74) is 0. The highest BCUT2D eigenvalue weighted by molar-refractivity contribution is 9.10. The molecule has 0 saturated heterocycles. The van der Waals surface area contributed by atoms with E-state index in [0.29, 0.717) is 21.0 Å². The average molecular weight is 328 g/mol. The van der Waals surface area contributed by atoms with Crippen molar-refractivity contribution in [1.29, 1.82) is 0 Å². The Hall–Kier alpha value is -1.52. The van der Waals surface area contributed by atoms with E-state index in [9.17, 15) is 4.79 Å². The quantitative estimate of drug-likeness (QED) is 0.479. The zero-order chi connectivity index (χ0) is 13.0. The number of esters is 1. The van der Waals surface area contributed by atoms with Gasteiger partial charge in [0.25, 0.3) is 0 Å². The topological polar surface area (TPSA) is 39.4 Å². The monoisotopic (exact) mass is 326 g/mol. The molecule has 0 spiro atoms. The summed E-state index contributed by atoms with van der Waals surface area (Å²) < 4.78 is 10.8. The van der Waals surface area contributed by atoms with Gasteiger partial charge in [-0.05, 0) is 52.3 Å². The maximum absolute atomic E-state index is 11.5. The van der Waals surface area contributed by atoms with Crippen molar-refractivity contribution < 1.29 is 13.9 Å². The average Bonchev–Trinajstić information content (AvgIpc) is 2.83. The maximum atomic E-state index is 11.5. The largest absolute Gasteiger partial charge is 0.465 e. The van der Waals surface area contributed by atoms with Crippen LogP contribution in [0.15, 0.2) is 51.6 Å². The summed E-state index contributed by atoms with van der Waals surface area (Å²) in [6, 6.07) is 8.39. The summed E-state index contributed by atoms with van der Waals surface area (Å²) in [4.78, 5) is 11.5. The molecule has 0 aliphatic heterocycles. The second kappa shape index (κ2) is 5.89. The molecule has 92 valence electrons. The van der Waals surface area contributed by atoms with Gasteiger partial charge in [0, 0.05) is 11.1 Å². The first-order valence-corrected chi connectivity index (χ1v) is 6.21. The molecule has 0 fully saturated rings. The van der Waals surface area contributed by atoms with E-state index < -0.39 is 5.97 Å². The number of carbonyl (C=O) groups excluding carboxylic acids is 1. The summed E-state index contributed by atoms with van der Waals surface area (Å²) in [5, 5.41) is 0.563. The van der Waals surface area contributed by atoms with E-state index >= 15 is 0 Å².